The second-order valence-corrected chi connectivity index (χ2v) is 9.18. The van der Waals surface area contributed by atoms with Crippen molar-refractivity contribution < 1.29 is 27.5 Å². The van der Waals surface area contributed by atoms with Crippen LogP contribution in [0.2, 0.25) is 0 Å². The molecular weight excluding hydrogens is 416 g/mol. The van der Waals surface area contributed by atoms with Crippen molar-refractivity contribution in [2.75, 3.05) is 12.4 Å². The van der Waals surface area contributed by atoms with E-state index < -0.39 is 27.7 Å². The van der Waals surface area contributed by atoms with Crippen LogP contribution < -0.4 is 0 Å². The summed E-state index contributed by atoms with van der Waals surface area (Å²) in [5, 5.41) is 0. The highest BCUT2D eigenvalue weighted by atomic mass is 32.2. The van der Waals surface area contributed by atoms with Crippen LogP contribution in [0.3, 0.4) is 0 Å². The smallest absolute Gasteiger partial charge is 0.418 e. The molecule has 0 heterocycles. The Labute approximate surface area is 180 Å². The second-order valence-electron chi connectivity index (χ2n) is 7.14. The second kappa shape index (κ2) is 8.73. The third-order valence-corrected chi connectivity index (χ3v) is 7.01. The Morgan fingerprint density at radius 2 is 1.42 bits per heavy atom. The minimum absolute atomic E-state index is 0.00301. The average Bonchev–Trinajstić information content (AvgIpc) is 3.11. The van der Waals surface area contributed by atoms with Crippen molar-refractivity contribution in [3.05, 3.63) is 90.0 Å². The van der Waals surface area contributed by atoms with Crippen molar-refractivity contribution in [1.82, 2.24) is 0 Å². The van der Waals surface area contributed by atoms with E-state index in [1.165, 1.54) is 18.6 Å². The Bertz CT molecular complexity index is 1160. The van der Waals surface area contributed by atoms with Gasteiger partial charge in [0.15, 0.2) is 9.84 Å². The molecule has 0 aliphatic heterocycles. The minimum atomic E-state index is -3.87. The summed E-state index contributed by atoms with van der Waals surface area (Å²) in [6.45, 7) is 1.16. The van der Waals surface area contributed by atoms with Gasteiger partial charge >= 0.3 is 12.4 Å². The number of benzene rings is 3. The number of esters is 1. The fourth-order valence-electron chi connectivity index (χ4n) is 3.83. The van der Waals surface area contributed by atoms with Gasteiger partial charge in [-0.05, 0) is 34.4 Å². The predicted octanol–water partition coefficient (Wildman–Crippen LogP) is 3.27. The normalized spacial score (nSPS) is 13.7. The molecule has 0 fully saturated rings. The SMILES string of the molecule is O=[C]OC(CS(=O)(=O)c1ccccc1)C(=O)OCC1c2ccccc2-c2ccccc21. The summed E-state index contributed by atoms with van der Waals surface area (Å²) >= 11 is 0. The topological polar surface area (TPSA) is 86.7 Å². The molecule has 3 aromatic carbocycles. The Hall–Kier alpha value is -3.45. The van der Waals surface area contributed by atoms with Crippen molar-refractivity contribution in [3.63, 3.8) is 0 Å². The van der Waals surface area contributed by atoms with E-state index in [4.69, 9.17) is 4.74 Å². The van der Waals surface area contributed by atoms with Crippen molar-refractivity contribution in [2.24, 2.45) is 0 Å². The van der Waals surface area contributed by atoms with Crippen LogP contribution in [0.25, 0.3) is 11.1 Å². The molecular formula is C24H19O6S. The number of hydrogen-bond donors (Lipinski definition) is 0. The quantitative estimate of drug-likeness (QED) is 0.505. The van der Waals surface area contributed by atoms with E-state index in [1.54, 1.807) is 18.2 Å². The van der Waals surface area contributed by atoms with Gasteiger partial charge in [-0.3, -0.25) is 0 Å². The van der Waals surface area contributed by atoms with Crippen LogP contribution in [0, 0.1) is 0 Å². The van der Waals surface area contributed by atoms with Crippen molar-refractivity contribution in [1.29, 1.82) is 0 Å². The van der Waals surface area contributed by atoms with Gasteiger partial charge in [0.05, 0.1) is 4.90 Å². The van der Waals surface area contributed by atoms with Gasteiger partial charge in [-0.2, -0.15) is 0 Å². The Kier molecular flexibility index (Phi) is 5.86. The average molecular weight is 435 g/mol. The fourth-order valence-corrected chi connectivity index (χ4v) is 5.20. The molecule has 1 atom stereocenters. The number of ether oxygens (including phenoxy) is 2. The summed E-state index contributed by atoms with van der Waals surface area (Å²) in [5.74, 6) is -1.84. The van der Waals surface area contributed by atoms with Gasteiger partial charge in [0.2, 0.25) is 6.10 Å². The van der Waals surface area contributed by atoms with E-state index in [2.05, 4.69) is 4.74 Å². The molecule has 0 bridgehead atoms. The first-order valence-corrected chi connectivity index (χ1v) is 11.3. The summed E-state index contributed by atoms with van der Waals surface area (Å²) in [7, 11) is -3.87. The summed E-state index contributed by atoms with van der Waals surface area (Å²) in [6, 6.07) is 23.3. The molecule has 0 spiro atoms. The number of carbonyl (C=O) groups excluding carboxylic acids is 2. The first-order valence-electron chi connectivity index (χ1n) is 9.66. The number of rotatable bonds is 8. The highest BCUT2D eigenvalue weighted by Crippen LogP contribution is 2.44. The van der Waals surface area contributed by atoms with Crippen LogP contribution >= 0.6 is 0 Å². The van der Waals surface area contributed by atoms with Crippen LogP contribution in [0.15, 0.2) is 83.8 Å². The maximum Gasteiger partial charge on any atom is 0.418 e. The summed E-state index contributed by atoms with van der Waals surface area (Å²) in [5.41, 5.74) is 4.18. The highest BCUT2D eigenvalue weighted by Gasteiger charge is 2.33. The van der Waals surface area contributed by atoms with Gasteiger partial charge in [0, 0.05) is 5.92 Å². The molecule has 31 heavy (non-hydrogen) atoms. The third-order valence-electron chi connectivity index (χ3n) is 5.28. The van der Waals surface area contributed by atoms with E-state index in [0.29, 0.717) is 0 Å². The number of sulfone groups is 1. The molecule has 0 saturated carbocycles. The first-order chi connectivity index (χ1) is 15.0. The van der Waals surface area contributed by atoms with E-state index >= 15 is 0 Å². The minimum Gasteiger partial charge on any atom is -0.462 e. The molecule has 1 unspecified atom stereocenters. The van der Waals surface area contributed by atoms with Crippen molar-refractivity contribution in [3.8, 4) is 11.1 Å². The van der Waals surface area contributed by atoms with Crippen LogP contribution in [-0.4, -0.2) is 39.3 Å². The first kappa shape index (κ1) is 20.8. The van der Waals surface area contributed by atoms with Crippen LogP contribution in [0.5, 0.6) is 0 Å². The standard InChI is InChI=1S/C24H19O6S/c25-16-30-23(15-31(27,28)17-8-2-1-3-9-17)24(26)29-14-22-20-12-6-4-10-18(20)19-11-5-7-13-21(19)22/h1-13,22-23H,14-15H2. The molecule has 0 aromatic heterocycles. The van der Waals surface area contributed by atoms with E-state index in [1.807, 2.05) is 48.5 Å². The molecule has 1 radical (unpaired) electrons. The molecule has 3 aromatic rings. The third kappa shape index (κ3) is 4.22. The zero-order valence-corrected chi connectivity index (χ0v) is 17.2. The number of fused-ring (bicyclic) bond motifs is 3. The molecule has 7 heteroatoms. The highest BCUT2D eigenvalue weighted by molar-refractivity contribution is 7.91. The van der Waals surface area contributed by atoms with E-state index in [-0.39, 0.29) is 17.4 Å². The van der Waals surface area contributed by atoms with Crippen molar-refractivity contribution in [2.45, 2.75) is 16.9 Å². The van der Waals surface area contributed by atoms with Gasteiger partial charge < -0.3 is 9.47 Å². The van der Waals surface area contributed by atoms with Gasteiger partial charge in [-0.1, -0.05) is 66.7 Å². The lowest BCUT2D eigenvalue weighted by molar-refractivity contribution is -0.151. The Balaban J connectivity index is 1.51. The monoisotopic (exact) mass is 435 g/mol. The summed E-state index contributed by atoms with van der Waals surface area (Å²) in [4.78, 5) is 23.4. The van der Waals surface area contributed by atoms with Crippen LogP contribution in [0.1, 0.15) is 17.0 Å². The number of hydrogen-bond acceptors (Lipinski definition) is 6. The summed E-state index contributed by atoms with van der Waals surface area (Å²) < 4.78 is 35.3. The maximum atomic E-state index is 12.6. The molecule has 0 amide bonds. The lowest BCUT2D eigenvalue weighted by Gasteiger charge is -2.18. The van der Waals surface area contributed by atoms with Gasteiger partial charge in [0.25, 0.3) is 0 Å². The predicted molar refractivity (Wildman–Crippen MR) is 114 cm³/mol. The maximum absolute atomic E-state index is 12.6. The Morgan fingerprint density at radius 1 is 0.871 bits per heavy atom. The fraction of sp³-hybridized carbons (Fsp3) is 0.167. The van der Waals surface area contributed by atoms with Crippen molar-refractivity contribution >= 4 is 22.3 Å². The van der Waals surface area contributed by atoms with E-state index in [0.717, 1.165) is 22.3 Å². The van der Waals surface area contributed by atoms with E-state index in [9.17, 15) is 18.0 Å². The van der Waals surface area contributed by atoms with Gasteiger partial charge in [0.1, 0.15) is 12.4 Å². The lowest BCUT2D eigenvalue weighted by Crippen LogP contribution is -2.34. The molecule has 6 nitrogen and oxygen atoms in total. The molecule has 1 aliphatic rings. The summed E-state index contributed by atoms with van der Waals surface area (Å²) in [6.07, 6.45) is -1.60. The molecule has 0 saturated heterocycles. The molecule has 157 valence electrons. The molecule has 1 aliphatic carbocycles. The molecule has 0 N–H and O–H groups in total. The lowest BCUT2D eigenvalue weighted by atomic mass is 9.98. The number of carbonyl (C=O) groups is 1. The molecule has 4 rings (SSSR count). The van der Waals surface area contributed by atoms with Gasteiger partial charge in [-0.15, -0.1) is 0 Å². The zero-order chi connectivity index (χ0) is 21.8. The van der Waals surface area contributed by atoms with Crippen LogP contribution in [0.4, 0.5) is 0 Å². The zero-order valence-electron chi connectivity index (χ0n) is 16.4. The largest absolute Gasteiger partial charge is 0.462 e. The van der Waals surface area contributed by atoms with Gasteiger partial charge in [-0.25, -0.2) is 18.0 Å². The Morgan fingerprint density at radius 3 is 2.00 bits per heavy atom. The van der Waals surface area contributed by atoms with Crippen LogP contribution in [-0.2, 0) is 28.9 Å².